The number of hydrogen-bond acceptors (Lipinski definition) is 3. The summed E-state index contributed by atoms with van der Waals surface area (Å²) in [7, 11) is 0. The summed E-state index contributed by atoms with van der Waals surface area (Å²) in [5, 5.41) is 0. The molecular formula is C17H23N3O. The van der Waals surface area contributed by atoms with Crippen molar-refractivity contribution < 1.29 is 4.79 Å². The number of piperazine rings is 1. The fourth-order valence-electron chi connectivity index (χ4n) is 4.31. The van der Waals surface area contributed by atoms with Crippen molar-refractivity contribution >= 4 is 17.3 Å². The molecule has 2 atom stereocenters. The van der Waals surface area contributed by atoms with Gasteiger partial charge in [-0.05, 0) is 42.9 Å². The number of carbonyl (C=O) groups is 1. The Morgan fingerprint density at radius 3 is 2.48 bits per heavy atom. The number of benzene rings is 1. The monoisotopic (exact) mass is 285 g/mol. The highest BCUT2D eigenvalue weighted by molar-refractivity contribution is 5.83. The highest BCUT2D eigenvalue weighted by atomic mass is 16.2. The minimum absolute atomic E-state index is 0.373. The van der Waals surface area contributed by atoms with E-state index in [1.54, 1.807) is 0 Å². The summed E-state index contributed by atoms with van der Waals surface area (Å²) in [6, 6.07) is 8.02. The lowest BCUT2D eigenvalue weighted by Gasteiger charge is -2.36. The highest BCUT2D eigenvalue weighted by Gasteiger charge is 2.57. The van der Waals surface area contributed by atoms with Gasteiger partial charge in [-0.15, -0.1) is 0 Å². The predicted molar refractivity (Wildman–Crippen MR) is 84.0 cm³/mol. The molecule has 4 heteroatoms. The van der Waals surface area contributed by atoms with Gasteiger partial charge in [0, 0.05) is 43.5 Å². The van der Waals surface area contributed by atoms with Crippen LogP contribution in [-0.4, -0.2) is 37.0 Å². The maximum absolute atomic E-state index is 12.6. The molecule has 4 nitrogen and oxygen atoms in total. The van der Waals surface area contributed by atoms with Gasteiger partial charge in [-0.2, -0.15) is 0 Å². The zero-order valence-corrected chi connectivity index (χ0v) is 12.4. The molecule has 1 aromatic rings. The Hall–Kier alpha value is -1.71. The number of anilines is 2. The Kier molecular flexibility index (Phi) is 3.05. The summed E-state index contributed by atoms with van der Waals surface area (Å²) in [5.74, 6) is 2.25. The van der Waals surface area contributed by atoms with Crippen LogP contribution < -0.4 is 10.6 Å². The molecule has 0 bridgehead atoms. The molecular weight excluding hydrogens is 262 g/mol. The Morgan fingerprint density at radius 1 is 1.10 bits per heavy atom. The van der Waals surface area contributed by atoms with E-state index in [2.05, 4.69) is 15.9 Å². The predicted octanol–water partition coefficient (Wildman–Crippen LogP) is 1.96. The molecule has 1 amide bonds. The van der Waals surface area contributed by atoms with Crippen LogP contribution in [0.15, 0.2) is 24.3 Å². The van der Waals surface area contributed by atoms with Gasteiger partial charge >= 0.3 is 0 Å². The van der Waals surface area contributed by atoms with Gasteiger partial charge < -0.3 is 15.5 Å². The second-order valence-electron chi connectivity index (χ2n) is 6.69. The van der Waals surface area contributed by atoms with Crippen molar-refractivity contribution in [1.29, 1.82) is 0 Å². The molecule has 3 aliphatic rings. The van der Waals surface area contributed by atoms with Crippen molar-refractivity contribution in [2.75, 3.05) is 36.8 Å². The Balaban J connectivity index is 1.35. The zero-order chi connectivity index (χ0) is 14.4. The average Bonchev–Trinajstić information content (AvgIpc) is 2.99. The largest absolute Gasteiger partial charge is 0.399 e. The molecule has 2 N–H and O–H groups in total. The maximum atomic E-state index is 12.6. The number of amides is 1. The Labute approximate surface area is 125 Å². The summed E-state index contributed by atoms with van der Waals surface area (Å²) in [6.07, 6.45) is 3.90. The molecule has 3 fully saturated rings. The number of fused-ring (bicyclic) bond motifs is 1. The third-order valence-electron chi connectivity index (χ3n) is 5.52. The maximum Gasteiger partial charge on any atom is 0.226 e. The molecule has 21 heavy (non-hydrogen) atoms. The smallest absolute Gasteiger partial charge is 0.226 e. The molecule has 1 aromatic carbocycles. The van der Waals surface area contributed by atoms with Crippen LogP contribution in [0.2, 0.25) is 0 Å². The lowest BCUT2D eigenvalue weighted by molar-refractivity contribution is -0.133. The van der Waals surface area contributed by atoms with Crippen LogP contribution in [0.3, 0.4) is 0 Å². The summed E-state index contributed by atoms with van der Waals surface area (Å²) in [4.78, 5) is 17.0. The van der Waals surface area contributed by atoms with Gasteiger partial charge in [0.2, 0.25) is 5.91 Å². The molecule has 112 valence electrons. The second kappa shape index (κ2) is 4.93. The third-order valence-corrected chi connectivity index (χ3v) is 5.52. The van der Waals surface area contributed by atoms with Crippen LogP contribution >= 0.6 is 0 Å². The molecule has 2 unspecified atom stereocenters. The van der Waals surface area contributed by atoms with Crippen LogP contribution in [0.5, 0.6) is 0 Å². The fraction of sp³-hybridized carbons (Fsp3) is 0.588. The van der Waals surface area contributed by atoms with E-state index in [0.29, 0.717) is 11.8 Å². The summed E-state index contributed by atoms with van der Waals surface area (Å²) < 4.78 is 0. The van der Waals surface area contributed by atoms with Crippen molar-refractivity contribution in [2.45, 2.75) is 19.3 Å². The Bertz CT molecular complexity index is 541. The van der Waals surface area contributed by atoms with Crippen LogP contribution in [0.1, 0.15) is 19.3 Å². The lowest BCUT2D eigenvalue weighted by atomic mass is 10.1. The van der Waals surface area contributed by atoms with Gasteiger partial charge in [0.05, 0.1) is 0 Å². The number of nitrogens with zero attached hydrogens (tertiary/aromatic N) is 2. The van der Waals surface area contributed by atoms with Crippen LogP contribution in [0.4, 0.5) is 11.4 Å². The van der Waals surface area contributed by atoms with Gasteiger partial charge in [-0.25, -0.2) is 0 Å². The molecule has 4 rings (SSSR count). The summed E-state index contributed by atoms with van der Waals surface area (Å²) >= 11 is 0. The van der Waals surface area contributed by atoms with Crippen molar-refractivity contribution in [3.63, 3.8) is 0 Å². The molecule has 0 aromatic heterocycles. The Morgan fingerprint density at radius 2 is 1.81 bits per heavy atom. The number of carbonyl (C=O) groups excluding carboxylic acids is 1. The van der Waals surface area contributed by atoms with Crippen molar-refractivity contribution in [2.24, 2.45) is 17.8 Å². The quantitative estimate of drug-likeness (QED) is 0.845. The zero-order valence-electron chi connectivity index (χ0n) is 12.4. The van der Waals surface area contributed by atoms with Crippen LogP contribution in [-0.2, 0) is 4.79 Å². The van der Waals surface area contributed by atoms with Crippen molar-refractivity contribution in [3.05, 3.63) is 24.3 Å². The topological polar surface area (TPSA) is 49.6 Å². The number of nitrogens with two attached hydrogens (primary N) is 1. The van der Waals surface area contributed by atoms with Gasteiger partial charge in [0.15, 0.2) is 0 Å². The van der Waals surface area contributed by atoms with E-state index in [4.69, 9.17) is 5.73 Å². The summed E-state index contributed by atoms with van der Waals surface area (Å²) in [6.45, 7) is 3.53. The van der Waals surface area contributed by atoms with Gasteiger partial charge in [0.1, 0.15) is 0 Å². The van der Waals surface area contributed by atoms with E-state index in [1.165, 1.54) is 24.9 Å². The van der Waals surface area contributed by atoms with Crippen LogP contribution in [0, 0.1) is 17.8 Å². The molecule has 1 heterocycles. The number of rotatable bonds is 2. The first kappa shape index (κ1) is 13.0. The fourth-order valence-corrected chi connectivity index (χ4v) is 4.31. The minimum atomic E-state index is 0.373. The van der Waals surface area contributed by atoms with Crippen molar-refractivity contribution in [3.8, 4) is 0 Å². The van der Waals surface area contributed by atoms with Gasteiger partial charge in [-0.3, -0.25) is 4.79 Å². The van der Waals surface area contributed by atoms with E-state index in [9.17, 15) is 4.79 Å². The normalized spacial score (nSPS) is 31.1. The van der Waals surface area contributed by atoms with Crippen molar-refractivity contribution in [1.82, 2.24) is 4.90 Å². The third kappa shape index (κ3) is 2.27. The van der Waals surface area contributed by atoms with E-state index in [1.807, 2.05) is 18.2 Å². The highest BCUT2D eigenvalue weighted by Crippen LogP contribution is 2.58. The van der Waals surface area contributed by atoms with E-state index < -0.39 is 0 Å². The van der Waals surface area contributed by atoms with E-state index in [0.717, 1.165) is 43.7 Å². The van der Waals surface area contributed by atoms with E-state index in [-0.39, 0.29) is 0 Å². The first-order chi connectivity index (χ1) is 10.2. The average molecular weight is 285 g/mol. The first-order valence-corrected chi connectivity index (χ1v) is 8.13. The van der Waals surface area contributed by atoms with Gasteiger partial charge in [-0.1, -0.05) is 12.5 Å². The number of hydrogen-bond donors (Lipinski definition) is 1. The van der Waals surface area contributed by atoms with Gasteiger partial charge in [0.25, 0.3) is 0 Å². The molecule has 2 saturated carbocycles. The molecule has 2 aliphatic carbocycles. The SMILES string of the molecule is Nc1cccc(N2CCN(C(=O)C3C4CCCC43)CC2)c1. The standard InChI is InChI=1S/C17H23N3O/c18-12-3-1-4-13(11-12)19-7-9-20(10-8-19)17(21)16-14-5-2-6-15(14)16/h1,3-4,11,14-16H,2,5-10,18H2. The molecule has 0 radical (unpaired) electrons. The van der Waals surface area contributed by atoms with Crippen LogP contribution in [0.25, 0.3) is 0 Å². The summed E-state index contributed by atoms with van der Waals surface area (Å²) in [5.41, 5.74) is 7.82. The lowest BCUT2D eigenvalue weighted by Crippen LogP contribution is -2.49. The second-order valence-corrected chi connectivity index (χ2v) is 6.69. The van der Waals surface area contributed by atoms with E-state index >= 15 is 0 Å². The molecule has 1 aliphatic heterocycles. The molecule has 1 saturated heterocycles. The molecule has 0 spiro atoms. The first-order valence-electron chi connectivity index (χ1n) is 8.13. The minimum Gasteiger partial charge on any atom is -0.399 e. The number of nitrogen functional groups attached to an aromatic ring is 1.